The highest BCUT2D eigenvalue weighted by Gasteiger charge is 2.08. The fourth-order valence-electron chi connectivity index (χ4n) is 2.03. The SMILES string of the molecule is CCOc1cc(CNC(C)CC)ccc1OCc1cccs1. The normalized spacial score (nSPS) is 12.1. The molecular formula is C18H25NO2S. The van der Waals surface area contributed by atoms with Gasteiger partial charge in [0.15, 0.2) is 11.5 Å². The maximum Gasteiger partial charge on any atom is 0.161 e. The molecular weight excluding hydrogens is 294 g/mol. The highest BCUT2D eigenvalue weighted by Crippen LogP contribution is 2.29. The minimum absolute atomic E-state index is 0.519. The van der Waals surface area contributed by atoms with E-state index in [4.69, 9.17) is 9.47 Å². The average Bonchev–Trinajstić information content (AvgIpc) is 3.05. The molecule has 4 heteroatoms. The van der Waals surface area contributed by atoms with Gasteiger partial charge in [-0.05, 0) is 49.4 Å². The number of ether oxygens (including phenoxy) is 2. The Morgan fingerprint density at radius 1 is 1.14 bits per heavy atom. The summed E-state index contributed by atoms with van der Waals surface area (Å²) in [5, 5.41) is 5.56. The summed E-state index contributed by atoms with van der Waals surface area (Å²) in [6.07, 6.45) is 1.13. The molecule has 1 aromatic carbocycles. The summed E-state index contributed by atoms with van der Waals surface area (Å²) in [7, 11) is 0. The molecule has 120 valence electrons. The molecule has 22 heavy (non-hydrogen) atoms. The van der Waals surface area contributed by atoms with Gasteiger partial charge >= 0.3 is 0 Å². The predicted molar refractivity (Wildman–Crippen MR) is 92.9 cm³/mol. The van der Waals surface area contributed by atoms with Crippen LogP contribution in [0.2, 0.25) is 0 Å². The second kappa shape index (κ2) is 8.81. The van der Waals surface area contributed by atoms with Gasteiger partial charge in [0.2, 0.25) is 0 Å². The Morgan fingerprint density at radius 3 is 2.68 bits per heavy atom. The van der Waals surface area contributed by atoms with Crippen LogP contribution in [0.25, 0.3) is 0 Å². The van der Waals surface area contributed by atoms with E-state index in [-0.39, 0.29) is 0 Å². The molecule has 0 saturated heterocycles. The first-order chi connectivity index (χ1) is 10.7. The van der Waals surface area contributed by atoms with Crippen LogP contribution in [-0.2, 0) is 13.2 Å². The highest BCUT2D eigenvalue weighted by atomic mass is 32.1. The molecule has 1 heterocycles. The van der Waals surface area contributed by atoms with Crippen molar-refractivity contribution in [2.75, 3.05) is 6.61 Å². The van der Waals surface area contributed by atoms with Gasteiger partial charge in [-0.15, -0.1) is 11.3 Å². The van der Waals surface area contributed by atoms with Gasteiger partial charge in [-0.2, -0.15) is 0 Å². The molecule has 1 N–H and O–H groups in total. The quantitative estimate of drug-likeness (QED) is 0.732. The topological polar surface area (TPSA) is 30.5 Å². The number of benzene rings is 1. The first-order valence-corrected chi connectivity index (χ1v) is 8.75. The minimum atomic E-state index is 0.519. The van der Waals surface area contributed by atoms with Crippen molar-refractivity contribution in [3.8, 4) is 11.5 Å². The van der Waals surface area contributed by atoms with Crippen LogP contribution in [0.15, 0.2) is 35.7 Å². The summed E-state index contributed by atoms with van der Waals surface area (Å²) in [6.45, 7) is 8.44. The van der Waals surface area contributed by atoms with Crippen molar-refractivity contribution >= 4 is 11.3 Å². The fourth-order valence-corrected chi connectivity index (χ4v) is 2.65. The molecule has 0 fully saturated rings. The molecule has 0 aliphatic carbocycles. The zero-order valence-electron chi connectivity index (χ0n) is 13.6. The lowest BCUT2D eigenvalue weighted by Gasteiger charge is -2.15. The van der Waals surface area contributed by atoms with Gasteiger partial charge in [0.05, 0.1) is 6.61 Å². The van der Waals surface area contributed by atoms with Crippen molar-refractivity contribution in [3.05, 3.63) is 46.2 Å². The van der Waals surface area contributed by atoms with Crippen molar-refractivity contribution in [2.45, 2.75) is 46.4 Å². The van der Waals surface area contributed by atoms with Gasteiger partial charge < -0.3 is 14.8 Å². The molecule has 2 rings (SSSR count). The Balaban J connectivity index is 2.02. The van der Waals surface area contributed by atoms with Gasteiger partial charge in [-0.25, -0.2) is 0 Å². The van der Waals surface area contributed by atoms with E-state index in [2.05, 4.69) is 42.7 Å². The Labute approximate surface area is 137 Å². The van der Waals surface area contributed by atoms with E-state index in [9.17, 15) is 0 Å². The summed E-state index contributed by atoms with van der Waals surface area (Å²) in [4.78, 5) is 1.21. The number of rotatable bonds is 9. The van der Waals surface area contributed by atoms with Crippen molar-refractivity contribution in [2.24, 2.45) is 0 Å². The average molecular weight is 319 g/mol. The molecule has 0 spiro atoms. The lowest BCUT2D eigenvalue weighted by atomic mass is 10.1. The van der Waals surface area contributed by atoms with Crippen molar-refractivity contribution in [1.82, 2.24) is 5.32 Å². The number of nitrogens with one attached hydrogen (secondary N) is 1. The zero-order chi connectivity index (χ0) is 15.8. The molecule has 0 amide bonds. The lowest BCUT2D eigenvalue weighted by molar-refractivity contribution is 0.271. The van der Waals surface area contributed by atoms with E-state index in [0.29, 0.717) is 19.3 Å². The van der Waals surface area contributed by atoms with Crippen LogP contribution in [0.4, 0.5) is 0 Å². The summed E-state index contributed by atoms with van der Waals surface area (Å²) in [5.41, 5.74) is 1.22. The highest BCUT2D eigenvalue weighted by molar-refractivity contribution is 7.09. The number of hydrogen-bond acceptors (Lipinski definition) is 4. The van der Waals surface area contributed by atoms with Crippen LogP contribution < -0.4 is 14.8 Å². The summed E-state index contributed by atoms with van der Waals surface area (Å²) in [6, 6.07) is 10.8. The molecule has 0 radical (unpaired) electrons. The smallest absolute Gasteiger partial charge is 0.161 e. The standard InChI is InChI=1S/C18H25NO2S/c1-4-14(3)19-12-15-8-9-17(18(11-15)20-5-2)21-13-16-7-6-10-22-16/h6-11,14,19H,4-5,12-13H2,1-3H3. The van der Waals surface area contributed by atoms with Gasteiger partial charge in [-0.3, -0.25) is 0 Å². The van der Waals surface area contributed by atoms with Crippen molar-refractivity contribution in [3.63, 3.8) is 0 Å². The zero-order valence-corrected chi connectivity index (χ0v) is 14.4. The molecule has 0 aliphatic heterocycles. The lowest BCUT2D eigenvalue weighted by Crippen LogP contribution is -2.24. The minimum Gasteiger partial charge on any atom is -0.490 e. The third-order valence-corrected chi connectivity index (χ3v) is 4.37. The van der Waals surface area contributed by atoms with Crippen molar-refractivity contribution in [1.29, 1.82) is 0 Å². The van der Waals surface area contributed by atoms with Crippen LogP contribution in [0.5, 0.6) is 11.5 Å². The molecule has 0 saturated carbocycles. The van der Waals surface area contributed by atoms with E-state index in [1.54, 1.807) is 11.3 Å². The molecule has 1 unspecified atom stereocenters. The summed E-state index contributed by atoms with van der Waals surface area (Å²) < 4.78 is 11.6. The first kappa shape index (κ1) is 16.8. The Bertz CT molecular complexity index is 554. The van der Waals surface area contributed by atoms with Crippen LogP contribution in [0.3, 0.4) is 0 Å². The van der Waals surface area contributed by atoms with E-state index >= 15 is 0 Å². The van der Waals surface area contributed by atoms with Crippen LogP contribution in [0, 0.1) is 0 Å². The Morgan fingerprint density at radius 2 is 2.00 bits per heavy atom. The van der Waals surface area contributed by atoms with E-state index in [0.717, 1.165) is 24.5 Å². The third kappa shape index (κ3) is 5.04. The van der Waals surface area contributed by atoms with Crippen LogP contribution in [0.1, 0.15) is 37.6 Å². The monoisotopic (exact) mass is 319 g/mol. The van der Waals surface area contributed by atoms with E-state index in [1.165, 1.54) is 10.4 Å². The molecule has 0 aliphatic rings. The fraction of sp³-hybridized carbons (Fsp3) is 0.444. The van der Waals surface area contributed by atoms with E-state index < -0.39 is 0 Å². The third-order valence-electron chi connectivity index (χ3n) is 3.53. The van der Waals surface area contributed by atoms with Crippen LogP contribution >= 0.6 is 11.3 Å². The van der Waals surface area contributed by atoms with Gasteiger partial charge in [0.1, 0.15) is 6.61 Å². The molecule has 1 aromatic heterocycles. The second-order valence-electron chi connectivity index (χ2n) is 5.27. The molecule has 2 aromatic rings. The van der Waals surface area contributed by atoms with Gasteiger partial charge in [-0.1, -0.05) is 19.1 Å². The number of thiophene rings is 1. The second-order valence-corrected chi connectivity index (χ2v) is 6.30. The maximum atomic E-state index is 5.90. The predicted octanol–water partition coefficient (Wildman–Crippen LogP) is 4.61. The maximum absolute atomic E-state index is 5.90. The molecule has 1 atom stereocenters. The van der Waals surface area contributed by atoms with Crippen LogP contribution in [-0.4, -0.2) is 12.6 Å². The van der Waals surface area contributed by atoms with Gasteiger partial charge in [0.25, 0.3) is 0 Å². The first-order valence-electron chi connectivity index (χ1n) is 7.87. The largest absolute Gasteiger partial charge is 0.490 e. The Hall–Kier alpha value is -1.52. The Kier molecular flexibility index (Phi) is 6.74. The summed E-state index contributed by atoms with van der Waals surface area (Å²) in [5.74, 6) is 1.63. The number of hydrogen-bond donors (Lipinski definition) is 1. The van der Waals surface area contributed by atoms with Gasteiger partial charge in [0, 0.05) is 17.5 Å². The van der Waals surface area contributed by atoms with Crippen molar-refractivity contribution < 1.29 is 9.47 Å². The van der Waals surface area contributed by atoms with E-state index in [1.807, 2.05) is 19.1 Å². The molecule has 0 bridgehead atoms. The summed E-state index contributed by atoms with van der Waals surface area (Å²) >= 11 is 1.70. The molecule has 3 nitrogen and oxygen atoms in total.